The SMILES string of the molecule is COc1ccc(C)nc1C(C)C#N. The lowest BCUT2D eigenvalue weighted by molar-refractivity contribution is 0.405. The van der Waals surface area contributed by atoms with Gasteiger partial charge in [0.1, 0.15) is 5.75 Å². The standard InChI is InChI=1S/C10H12N2O/c1-7(6-11)10-9(13-3)5-4-8(2)12-10/h4-5,7H,1-3H3. The number of pyridine rings is 1. The first-order valence-electron chi connectivity index (χ1n) is 4.10. The van der Waals surface area contributed by atoms with E-state index in [-0.39, 0.29) is 5.92 Å². The van der Waals surface area contributed by atoms with Crippen molar-refractivity contribution < 1.29 is 4.74 Å². The zero-order valence-electron chi connectivity index (χ0n) is 8.03. The topological polar surface area (TPSA) is 45.9 Å². The van der Waals surface area contributed by atoms with Crippen molar-refractivity contribution in [1.82, 2.24) is 4.98 Å². The first-order valence-corrected chi connectivity index (χ1v) is 4.10. The maximum absolute atomic E-state index is 8.75. The van der Waals surface area contributed by atoms with Gasteiger partial charge in [-0.3, -0.25) is 4.98 Å². The normalized spacial score (nSPS) is 11.8. The summed E-state index contributed by atoms with van der Waals surface area (Å²) in [4.78, 5) is 4.27. The van der Waals surface area contributed by atoms with Crippen LogP contribution in [-0.2, 0) is 0 Å². The van der Waals surface area contributed by atoms with Crippen LogP contribution in [0, 0.1) is 18.3 Å². The van der Waals surface area contributed by atoms with Gasteiger partial charge in [-0.15, -0.1) is 0 Å². The molecule has 0 amide bonds. The highest BCUT2D eigenvalue weighted by atomic mass is 16.5. The van der Waals surface area contributed by atoms with Gasteiger partial charge in [0, 0.05) is 5.69 Å². The van der Waals surface area contributed by atoms with E-state index in [4.69, 9.17) is 10.00 Å². The predicted octanol–water partition coefficient (Wildman–Crippen LogP) is 2.03. The monoisotopic (exact) mass is 176 g/mol. The van der Waals surface area contributed by atoms with E-state index in [2.05, 4.69) is 11.1 Å². The molecule has 0 saturated carbocycles. The molecule has 0 aliphatic heterocycles. The highest BCUT2D eigenvalue weighted by Crippen LogP contribution is 2.23. The van der Waals surface area contributed by atoms with E-state index in [0.29, 0.717) is 11.4 Å². The van der Waals surface area contributed by atoms with Crippen LogP contribution in [0.4, 0.5) is 0 Å². The van der Waals surface area contributed by atoms with Gasteiger partial charge in [-0.05, 0) is 26.0 Å². The minimum Gasteiger partial charge on any atom is -0.495 e. The van der Waals surface area contributed by atoms with Gasteiger partial charge in [0.2, 0.25) is 0 Å². The summed E-state index contributed by atoms with van der Waals surface area (Å²) in [5, 5.41) is 8.75. The average Bonchev–Trinajstić information content (AvgIpc) is 2.16. The van der Waals surface area contributed by atoms with Gasteiger partial charge in [-0.2, -0.15) is 5.26 Å². The van der Waals surface area contributed by atoms with Crippen molar-refractivity contribution in [2.45, 2.75) is 19.8 Å². The number of hydrogen-bond donors (Lipinski definition) is 0. The van der Waals surface area contributed by atoms with E-state index >= 15 is 0 Å². The fraction of sp³-hybridized carbons (Fsp3) is 0.400. The lowest BCUT2D eigenvalue weighted by Crippen LogP contribution is -2.00. The zero-order valence-corrected chi connectivity index (χ0v) is 8.03. The summed E-state index contributed by atoms with van der Waals surface area (Å²) in [5.41, 5.74) is 1.61. The minimum absolute atomic E-state index is 0.227. The molecule has 0 aliphatic carbocycles. The number of aryl methyl sites for hydroxylation is 1. The highest BCUT2D eigenvalue weighted by Gasteiger charge is 2.11. The Morgan fingerprint density at radius 2 is 2.23 bits per heavy atom. The van der Waals surface area contributed by atoms with Crippen molar-refractivity contribution in [3.63, 3.8) is 0 Å². The van der Waals surface area contributed by atoms with Crippen molar-refractivity contribution in [2.24, 2.45) is 0 Å². The molecule has 1 aromatic rings. The van der Waals surface area contributed by atoms with E-state index in [9.17, 15) is 0 Å². The number of nitrogens with zero attached hydrogens (tertiary/aromatic N) is 2. The van der Waals surface area contributed by atoms with Crippen molar-refractivity contribution in [3.05, 3.63) is 23.5 Å². The Kier molecular flexibility index (Phi) is 2.86. The van der Waals surface area contributed by atoms with Crippen LogP contribution in [0.2, 0.25) is 0 Å². The molecule has 68 valence electrons. The Bertz CT molecular complexity index is 341. The maximum Gasteiger partial charge on any atom is 0.141 e. The van der Waals surface area contributed by atoms with E-state index < -0.39 is 0 Å². The third kappa shape index (κ3) is 1.97. The number of hydrogen-bond acceptors (Lipinski definition) is 3. The molecular formula is C10H12N2O. The summed E-state index contributed by atoms with van der Waals surface area (Å²) in [5.74, 6) is 0.453. The smallest absolute Gasteiger partial charge is 0.141 e. The van der Waals surface area contributed by atoms with Gasteiger partial charge in [0.05, 0.1) is 24.8 Å². The molecule has 0 aliphatic rings. The molecule has 1 aromatic heterocycles. The molecule has 0 radical (unpaired) electrons. The van der Waals surface area contributed by atoms with Gasteiger partial charge >= 0.3 is 0 Å². The van der Waals surface area contributed by atoms with E-state index in [1.165, 1.54) is 0 Å². The third-order valence-electron chi connectivity index (χ3n) is 1.85. The molecule has 0 saturated heterocycles. The second kappa shape index (κ2) is 3.90. The van der Waals surface area contributed by atoms with Crippen molar-refractivity contribution >= 4 is 0 Å². The Balaban J connectivity index is 3.17. The first kappa shape index (κ1) is 9.53. The minimum atomic E-state index is -0.227. The lowest BCUT2D eigenvalue weighted by atomic mass is 10.1. The zero-order chi connectivity index (χ0) is 9.84. The van der Waals surface area contributed by atoms with Crippen LogP contribution >= 0.6 is 0 Å². The molecule has 1 rings (SSSR count). The predicted molar refractivity (Wildman–Crippen MR) is 49.6 cm³/mol. The summed E-state index contributed by atoms with van der Waals surface area (Å²) in [6, 6.07) is 5.85. The summed E-state index contributed by atoms with van der Waals surface area (Å²) < 4.78 is 5.11. The van der Waals surface area contributed by atoms with E-state index in [1.54, 1.807) is 7.11 Å². The van der Waals surface area contributed by atoms with Gasteiger partial charge in [-0.25, -0.2) is 0 Å². The van der Waals surface area contributed by atoms with Gasteiger partial charge in [0.25, 0.3) is 0 Å². The van der Waals surface area contributed by atoms with E-state index in [1.807, 2.05) is 26.0 Å². The first-order chi connectivity index (χ1) is 6.19. The van der Waals surface area contributed by atoms with Crippen molar-refractivity contribution in [1.29, 1.82) is 5.26 Å². The van der Waals surface area contributed by atoms with Crippen LogP contribution in [0.1, 0.15) is 24.2 Å². The fourth-order valence-corrected chi connectivity index (χ4v) is 1.11. The second-order valence-corrected chi connectivity index (χ2v) is 2.89. The van der Waals surface area contributed by atoms with Crippen molar-refractivity contribution in [3.8, 4) is 11.8 Å². The number of nitriles is 1. The lowest BCUT2D eigenvalue weighted by Gasteiger charge is -2.08. The van der Waals surface area contributed by atoms with Crippen LogP contribution < -0.4 is 4.74 Å². The number of rotatable bonds is 2. The molecule has 0 aromatic carbocycles. The van der Waals surface area contributed by atoms with Crippen LogP contribution in [0.25, 0.3) is 0 Å². The maximum atomic E-state index is 8.75. The Morgan fingerprint density at radius 1 is 1.54 bits per heavy atom. The highest BCUT2D eigenvalue weighted by molar-refractivity contribution is 5.34. The molecule has 1 heterocycles. The largest absolute Gasteiger partial charge is 0.495 e. The van der Waals surface area contributed by atoms with E-state index in [0.717, 1.165) is 5.69 Å². The Hall–Kier alpha value is -1.56. The molecule has 13 heavy (non-hydrogen) atoms. The molecule has 0 spiro atoms. The summed E-state index contributed by atoms with van der Waals surface area (Å²) >= 11 is 0. The molecule has 0 bridgehead atoms. The fourth-order valence-electron chi connectivity index (χ4n) is 1.11. The average molecular weight is 176 g/mol. The van der Waals surface area contributed by atoms with Gasteiger partial charge in [0.15, 0.2) is 0 Å². The molecule has 1 atom stereocenters. The Labute approximate surface area is 78.0 Å². The molecule has 0 N–H and O–H groups in total. The third-order valence-corrected chi connectivity index (χ3v) is 1.85. The number of aromatic nitrogens is 1. The number of ether oxygens (including phenoxy) is 1. The quantitative estimate of drug-likeness (QED) is 0.692. The van der Waals surface area contributed by atoms with Crippen LogP contribution in [0.5, 0.6) is 5.75 Å². The van der Waals surface area contributed by atoms with Crippen molar-refractivity contribution in [2.75, 3.05) is 7.11 Å². The van der Waals surface area contributed by atoms with Crippen LogP contribution in [0.15, 0.2) is 12.1 Å². The molecule has 1 unspecified atom stereocenters. The summed E-state index contributed by atoms with van der Waals surface area (Å²) in [6.45, 7) is 3.71. The Morgan fingerprint density at radius 3 is 2.77 bits per heavy atom. The van der Waals surface area contributed by atoms with Gasteiger partial charge < -0.3 is 4.74 Å². The molecule has 3 heteroatoms. The molecule has 0 fully saturated rings. The summed E-state index contributed by atoms with van der Waals surface area (Å²) in [6.07, 6.45) is 0. The summed E-state index contributed by atoms with van der Waals surface area (Å²) in [7, 11) is 1.58. The molecule has 3 nitrogen and oxygen atoms in total. The van der Waals surface area contributed by atoms with Crippen LogP contribution in [0.3, 0.4) is 0 Å². The van der Waals surface area contributed by atoms with Crippen LogP contribution in [-0.4, -0.2) is 12.1 Å². The second-order valence-electron chi connectivity index (χ2n) is 2.89. The molecular weight excluding hydrogens is 164 g/mol. The number of methoxy groups -OCH3 is 1. The van der Waals surface area contributed by atoms with Gasteiger partial charge in [-0.1, -0.05) is 0 Å².